The van der Waals surface area contributed by atoms with Crippen molar-refractivity contribution in [2.45, 2.75) is 184 Å². The van der Waals surface area contributed by atoms with Crippen LogP contribution in [0.4, 0.5) is 22.7 Å². The summed E-state index contributed by atoms with van der Waals surface area (Å²) in [5, 5.41) is 0. The number of hydrogen-bond donors (Lipinski definition) is 0. The average molecular weight is 885 g/mol. The molecule has 0 saturated carbocycles. The van der Waals surface area contributed by atoms with Gasteiger partial charge in [0.1, 0.15) is 8.43 Å². The average Bonchev–Trinajstić information content (AvgIpc) is 3.75. The number of para-hydroxylation sites is 4. The normalized spacial score (nSPS) is 18.3. The first-order valence-electron chi connectivity index (χ1n) is 24.0. The predicted molar refractivity (Wildman–Crippen MR) is 280 cm³/mol. The van der Waals surface area contributed by atoms with Crippen molar-refractivity contribution in [3.05, 3.63) is 136 Å². The summed E-state index contributed by atoms with van der Waals surface area (Å²) in [6, 6.07) is 28.0. The summed E-state index contributed by atoms with van der Waals surface area (Å²) < 4.78 is 13.0. The van der Waals surface area contributed by atoms with Crippen LogP contribution in [0.15, 0.2) is 91.0 Å². The second-order valence-corrected chi connectivity index (χ2v) is 22.9. The Labute approximate surface area is 386 Å². The van der Waals surface area contributed by atoms with Gasteiger partial charge < -0.3 is 9.34 Å². The molecule has 0 N–H and O–H groups in total. The fourth-order valence-electron chi connectivity index (χ4n) is 9.57. The van der Waals surface area contributed by atoms with E-state index in [0.29, 0.717) is 55.8 Å². The molecule has 0 bridgehead atoms. The molecule has 4 aromatic rings. The molecule has 5 nitrogen and oxygen atoms in total. The second-order valence-electron chi connectivity index (χ2n) is 20.4. The molecule has 1 fully saturated rings. The van der Waals surface area contributed by atoms with Gasteiger partial charge in [-0.25, -0.2) is 0 Å². The Balaban J connectivity index is 1.67. The molecule has 2 aliphatic heterocycles. The summed E-state index contributed by atoms with van der Waals surface area (Å²) in [5.74, 6) is 3.76. The molecule has 0 radical (unpaired) electrons. The Hall–Kier alpha value is -3.84. The highest BCUT2D eigenvalue weighted by Crippen LogP contribution is 2.64. The van der Waals surface area contributed by atoms with Crippen LogP contribution in [0.5, 0.6) is 0 Å². The maximum Gasteiger partial charge on any atom is 0.258 e. The highest BCUT2D eigenvalue weighted by atomic mass is 31.2. The van der Waals surface area contributed by atoms with E-state index in [1.165, 1.54) is 67.3 Å². The molecule has 2 atom stereocenters. The molecule has 0 aromatic heterocycles. The minimum Gasteiger partial charge on any atom is -0.306 e. The van der Waals surface area contributed by atoms with E-state index in [4.69, 9.17) is 4.31 Å². The van der Waals surface area contributed by atoms with Crippen molar-refractivity contribution in [3.63, 3.8) is 0 Å². The zero-order valence-corrected chi connectivity index (χ0v) is 43.7. The van der Waals surface area contributed by atoms with Crippen molar-refractivity contribution >= 4 is 45.1 Å². The van der Waals surface area contributed by atoms with E-state index in [0.717, 1.165) is 5.82 Å². The van der Waals surface area contributed by atoms with Crippen LogP contribution in [-0.2, 0) is 4.31 Å². The minimum absolute atomic E-state index is 0.191. The number of hydrogen-bond acceptors (Lipinski definition) is 5. The molecule has 2 aliphatic rings. The van der Waals surface area contributed by atoms with Crippen LogP contribution in [0.25, 0.3) is 0 Å². The predicted octanol–water partition coefficient (Wildman–Crippen LogP) is 17.6. The van der Waals surface area contributed by atoms with Crippen molar-refractivity contribution in [1.82, 2.24) is 0 Å². The van der Waals surface area contributed by atoms with Crippen molar-refractivity contribution in [2.75, 3.05) is 19.1 Å². The first-order chi connectivity index (χ1) is 29.8. The quantitative estimate of drug-likeness (QED) is 0.117. The molecule has 0 spiro atoms. The van der Waals surface area contributed by atoms with E-state index in [1.807, 2.05) is 0 Å². The summed E-state index contributed by atoms with van der Waals surface area (Å²) in [7, 11) is -0.688. The van der Waals surface area contributed by atoms with Crippen LogP contribution >= 0.6 is 16.9 Å². The fraction of sp³-hybridized carbons (Fsp3) is 0.500. The van der Waals surface area contributed by atoms with Crippen LogP contribution in [-0.4, -0.2) is 17.5 Å². The van der Waals surface area contributed by atoms with Crippen LogP contribution in [0.1, 0.15) is 216 Å². The maximum absolute atomic E-state index is 7.63. The number of benzene rings is 4. The molecular formula is C56H78N4OP2. The van der Waals surface area contributed by atoms with E-state index < -0.39 is 8.45 Å². The molecule has 2 heterocycles. The monoisotopic (exact) mass is 885 g/mol. The molecule has 63 heavy (non-hydrogen) atoms. The lowest BCUT2D eigenvalue weighted by Gasteiger charge is -2.36. The van der Waals surface area contributed by atoms with Crippen LogP contribution in [0.2, 0.25) is 0 Å². The molecule has 0 aliphatic carbocycles. The molecule has 1 saturated heterocycles. The molecule has 338 valence electrons. The summed E-state index contributed by atoms with van der Waals surface area (Å²) in [6.45, 7) is 42.1. The van der Waals surface area contributed by atoms with Gasteiger partial charge in [0, 0.05) is 12.4 Å². The smallest absolute Gasteiger partial charge is 0.258 e. The summed E-state index contributed by atoms with van der Waals surface area (Å²) in [4.78, 5) is 4.83. The van der Waals surface area contributed by atoms with Crippen LogP contribution in [0, 0.1) is 0 Å². The summed E-state index contributed by atoms with van der Waals surface area (Å²) in [6.07, 6.45) is 4.55. The van der Waals surface area contributed by atoms with Crippen LogP contribution in [0.3, 0.4) is 0 Å². The molecule has 0 amide bonds. The largest absolute Gasteiger partial charge is 0.306 e. The van der Waals surface area contributed by atoms with Gasteiger partial charge in [0.05, 0.1) is 34.8 Å². The van der Waals surface area contributed by atoms with Gasteiger partial charge in [0.15, 0.2) is 5.82 Å². The Morgan fingerprint density at radius 1 is 0.413 bits per heavy atom. The van der Waals surface area contributed by atoms with Gasteiger partial charge in [-0.3, -0.25) is 14.1 Å². The zero-order chi connectivity index (χ0) is 46.2. The third kappa shape index (κ3) is 9.47. The van der Waals surface area contributed by atoms with E-state index in [1.54, 1.807) is 0 Å². The Kier molecular flexibility index (Phi) is 15.5. The fourth-order valence-corrected chi connectivity index (χ4v) is 13.0. The van der Waals surface area contributed by atoms with Gasteiger partial charge in [-0.2, -0.15) is 0 Å². The minimum atomic E-state index is -1.37. The van der Waals surface area contributed by atoms with E-state index in [2.05, 4.69) is 234 Å². The van der Waals surface area contributed by atoms with Crippen molar-refractivity contribution < 1.29 is 4.31 Å². The summed E-state index contributed by atoms with van der Waals surface area (Å²) >= 11 is 0. The third-order valence-corrected chi connectivity index (χ3v) is 16.3. The van der Waals surface area contributed by atoms with Gasteiger partial charge in [0.25, 0.3) is 8.45 Å². The maximum atomic E-state index is 7.63. The molecule has 7 heteroatoms. The topological polar surface area (TPSA) is 22.2 Å². The van der Waals surface area contributed by atoms with E-state index >= 15 is 0 Å². The summed E-state index contributed by atoms with van der Waals surface area (Å²) in [5.41, 5.74) is 20.1. The highest BCUT2D eigenvalue weighted by Gasteiger charge is 2.48. The lowest BCUT2D eigenvalue weighted by molar-refractivity contribution is 0.636. The Morgan fingerprint density at radius 2 is 0.651 bits per heavy atom. The highest BCUT2D eigenvalue weighted by molar-refractivity contribution is 7.62. The van der Waals surface area contributed by atoms with Gasteiger partial charge in [0.2, 0.25) is 0 Å². The Bertz CT molecular complexity index is 2080. The lowest BCUT2D eigenvalue weighted by Crippen LogP contribution is -2.34. The Morgan fingerprint density at radius 3 is 0.889 bits per heavy atom. The molecular weight excluding hydrogens is 807 g/mol. The lowest BCUT2D eigenvalue weighted by atomic mass is 9.91. The molecule has 2 unspecified atom stereocenters. The van der Waals surface area contributed by atoms with Gasteiger partial charge in [-0.1, -0.05) is 184 Å². The standard InChI is InChI=1S/C56H78N4OP2/c1-34(2)44-23-19-24-45(35(3)4)53(44)57-31-32-58(54-46(36(5)6)25-20-26-47(54)37(7)8)52(57)33-62-61-63-59(55-48(38(9)10)27-21-28-49(55)39(11)12)42(17)43(18)60(63)56-50(40(13)14)29-22-30-51(56)41(15)16/h19-32,34-43H,1-18H3. The SMILES string of the molecule is CC(C)c1cccc(C(C)C)c1N1C=CN(c2c(C(C)C)cccc2C(C)C)C1=C=POP1N(c2c(C(C)C)cccc2C(C)C)C(C)C(C)N1c1c(C(C)C)cccc1C(C)C. The first-order valence-corrected chi connectivity index (χ1v) is 25.9. The third-order valence-electron chi connectivity index (χ3n) is 13.2. The van der Waals surface area contributed by atoms with E-state index in [-0.39, 0.29) is 12.1 Å². The van der Waals surface area contributed by atoms with Crippen LogP contribution < -0.4 is 19.1 Å². The van der Waals surface area contributed by atoms with Crippen molar-refractivity contribution in [1.29, 1.82) is 0 Å². The second kappa shape index (κ2) is 20.1. The van der Waals surface area contributed by atoms with Gasteiger partial charge >= 0.3 is 0 Å². The zero-order valence-electron chi connectivity index (χ0n) is 41.9. The number of anilines is 4. The molecule has 4 aromatic carbocycles. The van der Waals surface area contributed by atoms with Crippen molar-refractivity contribution in [3.8, 4) is 0 Å². The number of nitrogens with zero attached hydrogens (tertiary/aromatic N) is 4. The first kappa shape index (κ1) is 48.6. The number of rotatable bonds is 14. The van der Waals surface area contributed by atoms with Gasteiger partial charge in [-0.15, -0.1) is 0 Å². The van der Waals surface area contributed by atoms with E-state index in [9.17, 15) is 0 Å². The van der Waals surface area contributed by atoms with Gasteiger partial charge in [-0.05, 0) is 111 Å². The van der Waals surface area contributed by atoms with Crippen molar-refractivity contribution in [2.24, 2.45) is 0 Å². The molecule has 6 rings (SSSR count).